The smallest absolute Gasteiger partial charge is 0.263 e. The van der Waals surface area contributed by atoms with E-state index in [0.29, 0.717) is 23.7 Å². The van der Waals surface area contributed by atoms with Crippen LogP contribution in [-0.4, -0.2) is 33.9 Å². The Hall–Kier alpha value is -2.81. The second-order valence-corrected chi connectivity index (χ2v) is 4.60. The van der Waals surface area contributed by atoms with E-state index >= 15 is 0 Å². The molecular formula is C15H16N4O2. The Balaban J connectivity index is 2.01. The van der Waals surface area contributed by atoms with Crippen molar-refractivity contribution in [1.82, 2.24) is 14.9 Å². The first-order valence-corrected chi connectivity index (χ1v) is 6.51. The van der Waals surface area contributed by atoms with E-state index in [9.17, 15) is 4.79 Å². The monoisotopic (exact) mass is 284 g/mol. The van der Waals surface area contributed by atoms with Crippen molar-refractivity contribution in [3.63, 3.8) is 0 Å². The molecule has 0 saturated heterocycles. The molecule has 0 bridgehead atoms. The molecule has 0 fully saturated rings. The fourth-order valence-electron chi connectivity index (χ4n) is 1.90. The molecule has 2 aromatic rings. The lowest BCUT2D eigenvalue weighted by molar-refractivity contribution is -0.137. The van der Waals surface area contributed by atoms with Gasteiger partial charge in [0.25, 0.3) is 5.91 Å². The molecule has 6 nitrogen and oxygen atoms in total. The number of benzene rings is 1. The van der Waals surface area contributed by atoms with Crippen molar-refractivity contribution in [2.24, 2.45) is 0 Å². The highest BCUT2D eigenvalue weighted by atomic mass is 16.5. The van der Waals surface area contributed by atoms with E-state index in [-0.39, 0.29) is 5.91 Å². The molecule has 1 aromatic carbocycles. The third-order valence-electron chi connectivity index (χ3n) is 2.98. The van der Waals surface area contributed by atoms with E-state index < -0.39 is 6.10 Å². The number of para-hydroxylation sites is 1. The van der Waals surface area contributed by atoms with Crippen LogP contribution < -0.4 is 4.74 Å². The quantitative estimate of drug-likeness (QED) is 0.906. The van der Waals surface area contributed by atoms with Crippen molar-refractivity contribution < 1.29 is 9.53 Å². The third kappa shape index (κ3) is 3.60. The number of rotatable bonds is 5. The summed E-state index contributed by atoms with van der Waals surface area (Å²) in [6.45, 7) is 2.04. The summed E-state index contributed by atoms with van der Waals surface area (Å²) in [5.41, 5.74) is 0.408. The number of aromatic nitrogens is 2. The Morgan fingerprint density at radius 1 is 1.52 bits per heavy atom. The summed E-state index contributed by atoms with van der Waals surface area (Å²) in [6, 6.07) is 8.88. The van der Waals surface area contributed by atoms with E-state index in [4.69, 9.17) is 10.00 Å². The summed E-state index contributed by atoms with van der Waals surface area (Å²) in [4.78, 5) is 20.8. The van der Waals surface area contributed by atoms with Crippen molar-refractivity contribution in [3.8, 4) is 11.8 Å². The summed E-state index contributed by atoms with van der Waals surface area (Å²) >= 11 is 0. The topological polar surface area (TPSA) is 82.0 Å². The number of carbonyl (C=O) groups excluding carboxylic acids is 1. The van der Waals surface area contributed by atoms with Gasteiger partial charge in [0.15, 0.2) is 6.10 Å². The maximum Gasteiger partial charge on any atom is 0.263 e. The number of nitrogens with one attached hydrogen (secondary N) is 1. The van der Waals surface area contributed by atoms with Gasteiger partial charge in [-0.3, -0.25) is 4.79 Å². The number of amides is 1. The first-order chi connectivity index (χ1) is 10.1. The van der Waals surface area contributed by atoms with Crippen LogP contribution in [0.25, 0.3) is 0 Å². The average Bonchev–Trinajstić information content (AvgIpc) is 2.99. The summed E-state index contributed by atoms with van der Waals surface area (Å²) in [5.74, 6) is 0.932. The highest BCUT2D eigenvalue weighted by molar-refractivity contribution is 5.80. The maximum atomic E-state index is 12.2. The lowest BCUT2D eigenvalue weighted by atomic mass is 10.2. The highest BCUT2D eigenvalue weighted by Gasteiger charge is 2.20. The minimum Gasteiger partial charge on any atom is -0.480 e. The van der Waals surface area contributed by atoms with Gasteiger partial charge in [-0.05, 0) is 19.1 Å². The lowest BCUT2D eigenvalue weighted by Crippen LogP contribution is -2.37. The Morgan fingerprint density at radius 3 is 2.95 bits per heavy atom. The fourth-order valence-corrected chi connectivity index (χ4v) is 1.90. The molecule has 0 saturated carbocycles. The number of hydrogen-bond acceptors (Lipinski definition) is 4. The minimum absolute atomic E-state index is 0.181. The number of aromatic amines is 1. The highest BCUT2D eigenvalue weighted by Crippen LogP contribution is 2.18. The third-order valence-corrected chi connectivity index (χ3v) is 2.98. The minimum atomic E-state index is -0.681. The molecule has 1 heterocycles. The van der Waals surface area contributed by atoms with Gasteiger partial charge in [-0.25, -0.2) is 4.98 Å². The number of hydrogen-bond donors (Lipinski definition) is 1. The van der Waals surface area contributed by atoms with Gasteiger partial charge in [0, 0.05) is 19.4 Å². The van der Waals surface area contributed by atoms with Crippen molar-refractivity contribution in [1.29, 1.82) is 5.26 Å². The molecule has 1 unspecified atom stereocenters. The average molecular weight is 284 g/mol. The molecular weight excluding hydrogens is 268 g/mol. The van der Waals surface area contributed by atoms with E-state index in [1.807, 2.05) is 6.07 Å². The summed E-state index contributed by atoms with van der Waals surface area (Å²) in [7, 11) is 1.68. The van der Waals surface area contributed by atoms with Gasteiger partial charge in [0.05, 0.1) is 12.1 Å². The molecule has 1 aromatic heterocycles. The fraction of sp³-hybridized carbons (Fsp3) is 0.267. The first kappa shape index (κ1) is 14.6. The Kier molecular flexibility index (Phi) is 4.57. The van der Waals surface area contributed by atoms with Crippen molar-refractivity contribution >= 4 is 5.91 Å². The van der Waals surface area contributed by atoms with Crippen molar-refractivity contribution in [2.75, 3.05) is 7.05 Å². The molecule has 0 aliphatic rings. The molecule has 0 spiro atoms. The van der Waals surface area contributed by atoms with Crippen LogP contribution in [0, 0.1) is 11.3 Å². The van der Waals surface area contributed by atoms with Gasteiger partial charge >= 0.3 is 0 Å². The van der Waals surface area contributed by atoms with Gasteiger partial charge in [-0.15, -0.1) is 0 Å². The van der Waals surface area contributed by atoms with Crippen molar-refractivity contribution in [3.05, 3.63) is 48.0 Å². The summed E-state index contributed by atoms with van der Waals surface area (Å²) in [6.07, 6.45) is 2.66. The second-order valence-electron chi connectivity index (χ2n) is 4.60. The molecule has 0 aliphatic carbocycles. The van der Waals surface area contributed by atoms with Crippen LogP contribution in [0.4, 0.5) is 0 Å². The summed E-state index contributed by atoms with van der Waals surface area (Å²) < 4.78 is 5.59. The molecule has 21 heavy (non-hydrogen) atoms. The van der Waals surface area contributed by atoms with Crippen LogP contribution in [0.1, 0.15) is 18.3 Å². The van der Waals surface area contributed by atoms with Gasteiger partial charge < -0.3 is 14.6 Å². The van der Waals surface area contributed by atoms with Gasteiger partial charge in [0.1, 0.15) is 17.6 Å². The number of likely N-dealkylation sites (N-methyl/N-ethyl adjacent to an activating group) is 1. The van der Waals surface area contributed by atoms with Crippen LogP contribution >= 0.6 is 0 Å². The molecule has 1 amide bonds. The summed E-state index contributed by atoms with van der Waals surface area (Å²) in [5, 5.41) is 9.01. The van der Waals surface area contributed by atoms with E-state index in [1.165, 1.54) is 4.90 Å². The zero-order chi connectivity index (χ0) is 15.2. The molecule has 2 rings (SSSR count). The Bertz CT molecular complexity index is 646. The predicted octanol–water partition coefficient (Wildman–Crippen LogP) is 1.71. The largest absolute Gasteiger partial charge is 0.480 e. The van der Waals surface area contributed by atoms with Crippen molar-refractivity contribution in [2.45, 2.75) is 19.6 Å². The lowest BCUT2D eigenvalue weighted by Gasteiger charge is -2.21. The number of H-pyrrole nitrogens is 1. The molecule has 0 radical (unpaired) electrons. The molecule has 1 N–H and O–H groups in total. The zero-order valence-corrected chi connectivity index (χ0v) is 11.9. The number of imidazole rings is 1. The van der Waals surface area contributed by atoms with Crippen LogP contribution in [0.5, 0.6) is 5.75 Å². The normalized spacial score (nSPS) is 11.5. The van der Waals surface area contributed by atoms with Crippen LogP contribution in [-0.2, 0) is 11.3 Å². The molecule has 6 heteroatoms. The second kappa shape index (κ2) is 6.57. The zero-order valence-electron chi connectivity index (χ0n) is 11.9. The number of nitriles is 1. The van der Waals surface area contributed by atoms with Crippen LogP contribution in [0.2, 0.25) is 0 Å². The van der Waals surface area contributed by atoms with Gasteiger partial charge in [-0.1, -0.05) is 12.1 Å². The number of carbonyl (C=O) groups is 1. The number of nitrogens with zero attached hydrogens (tertiary/aromatic N) is 3. The Labute approximate surface area is 123 Å². The molecule has 0 aliphatic heterocycles. The Morgan fingerprint density at radius 2 is 2.29 bits per heavy atom. The van der Waals surface area contributed by atoms with E-state index in [1.54, 1.807) is 50.6 Å². The van der Waals surface area contributed by atoms with Crippen LogP contribution in [0.15, 0.2) is 36.7 Å². The SMILES string of the molecule is CC(Oc1ccccc1C#N)C(=O)N(C)Cc1ncc[nH]1. The van der Waals surface area contributed by atoms with E-state index in [2.05, 4.69) is 9.97 Å². The number of ether oxygens (including phenoxy) is 1. The molecule has 1 atom stereocenters. The standard InChI is InChI=1S/C15H16N4O2/c1-11(21-13-6-4-3-5-12(13)9-16)15(20)19(2)10-14-17-7-8-18-14/h3-8,11H,10H2,1-2H3,(H,17,18). The maximum absolute atomic E-state index is 12.2. The van der Waals surface area contributed by atoms with Gasteiger partial charge in [-0.2, -0.15) is 5.26 Å². The molecule has 108 valence electrons. The predicted molar refractivity (Wildman–Crippen MR) is 76.3 cm³/mol. The van der Waals surface area contributed by atoms with Crippen LogP contribution in [0.3, 0.4) is 0 Å². The van der Waals surface area contributed by atoms with Gasteiger partial charge in [0.2, 0.25) is 0 Å². The first-order valence-electron chi connectivity index (χ1n) is 6.51. The van der Waals surface area contributed by atoms with E-state index in [0.717, 1.165) is 0 Å².